The molecule has 0 amide bonds. The molecule has 0 saturated heterocycles. The number of anilines is 1. The van der Waals surface area contributed by atoms with Crippen molar-refractivity contribution in [2.75, 3.05) is 32.7 Å². The van der Waals surface area contributed by atoms with Crippen LogP contribution < -0.4 is 19.7 Å². The largest absolute Gasteiger partial charge is 0.497 e. The van der Waals surface area contributed by atoms with E-state index >= 15 is 0 Å². The van der Waals surface area contributed by atoms with Crippen molar-refractivity contribution in [3.63, 3.8) is 0 Å². The van der Waals surface area contributed by atoms with Crippen LogP contribution in [0.5, 0.6) is 11.5 Å². The number of aromatic nitrogens is 1. The predicted molar refractivity (Wildman–Crippen MR) is 95.9 cm³/mol. The molecule has 1 aliphatic rings. The van der Waals surface area contributed by atoms with Gasteiger partial charge in [0.1, 0.15) is 17.3 Å². The minimum atomic E-state index is 0.267. The first-order valence-electron chi connectivity index (χ1n) is 8.34. The zero-order valence-corrected chi connectivity index (χ0v) is 14.6. The minimum absolute atomic E-state index is 0.267. The Labute approximate surface area is 143 Å². The van der Waals surface area contributed by atoms with Gasteiger partial charge in [0, 0.05) is 50.1 Å². The zero-order valence-electron chi connectivity index (χ0n) is 14.6. The third-order valence-electron chi connectivity index (χ3n) is 4.32. The molecular formula is C19H25N3O2. The van der Waals surface area contributed by atoms with Gasteiger partial charge in [0.25, 0.3) is 0 Å². The molecule has 1 aliphatic heterocycles. The molecule has 0 aliphatic carbocycles. The highest BCUT2D eigenvalue weighted by Gasteiger charge is 2.20. The van der Waals surface area contributed by atoms with E-state index in [2.05, 4.69) is 22.4 Å². The fraction of sp³-hybridized carbons (Fsp3) is 0.421. The van der Waals surface area contributed by atoms with E-state index < -0.39 is 0 Å². The predicted octanol–water partition coefficient (Wildman–Crippen LogP) is 3.16. The van der Waals surface area contributed by atoms with Crippen molar-refractivity contribution in [3.8, 4) is 11.5 Å². The molecule has 128 valence electrons. The summed E-state index contributed by atoms with van der Waals surface area (Å²) in [6, 6.07) is 10.5. The van der Waals surface area contributed by atoms with E-state index in [0.29, 0.717) is 0 Å². The van der Waals surface area contributed by atoms with Gasteiger partial charge in [-0.3, -0.25) is 0 Å². The summed E-state index contributed by atoms with van der Waals surface area (Å²) in [5, 5.41) is 3.68. The molecule has 1 aromatic carbocycles. The number of benzene rings is 1. The maximum Gasteiger partial charge on any atom is 0.132 e. The fourth-order valence-corrected chi connectivity index (χ4v) is 3.10. The first kappa shape index (κ1) is 16.6. The second-order valence-corrected chi connectivity index (χ2v) is 6.21. The number of hydrogen-bond donors (Lipinski definition) is 1. The summed E-state index contributed by atoms with van der Waals surface area (Å²) in [6.07, 6.45) is 3.92. The van der Waals surface area contributed by atoms with Gasteiger partial charge in [-0.15, -0.1) is 0 Å². The lowest BCUT2D eigenvalue weighted by Gasteiger charge is -2.21. The van der Waals surface area contributed by atoms with Crippen LogP contribution >= 0.6 is 0 Å². The molecule has 2 aromatic rings. The van der Waals surface area contributed by atoms with Crippen LogP contribution in [0.2, 0.25) is 0 Å². The molecule has 0 fully saturated rings. The van der Waals surface area contributed by atoms with Gasteiger partial charge in [0.15, 0.2) is 0 Å². The maximum absolute atomic E-state index is 5.89. The van der Waals surface area contributed by atoms with Crippen molar-refractivity contribution in [2.45, 2.75) is 25.4 Å². The topological polar surface area (TPSA) is 46.6 Å². The Morgan fingerprint density at radius 3 is 3.00 bits per heavy atom. The summed E-state index contributed by atoms with van der Waals surface area (Å²) < 4.78 is 11.2. The van der Waals surface area contributed by atoms with E-state index in [1.165, 1.54) is 11.1 Å². The average Bonchev–Trinajstić information content (AvgIpc) is 2.81. The van der Waals surface area contributed by atoms with Crippen molar-refractivity contribution >= 4 is 5.82 Å². The summed E-state index contributed by atoms with van der Waals surface area (Å²) in [7, 11) is 5.72. The lowest BCUT2D eigenvalue weighted by Crippen LogP contribution is -2.23. The van der Waals surface area contributed by atoms with E-state index in [4.69, 9.17) is 9.47 Å². The summed E-state index contributed by atoms with van der Waals surface area (Å²) in [6.45, 7) is 1.52. The number of pyridine rings is 1. The zero-order chi connectivity index (χ0) is 16.9. The lowest BCUT2D eigenvalue weighted by molar-refractivity contribution is 0.312. The van der Waals surface area contributed by atoms with Crippen molar-refractivity contribution in [1.29, 1.82) is 0 Å². The third-order valence-corrected chi connectivity index (χ3v) is 4.32. The van der Waals surface area contributed by atoms with E-state index in [0.717, 1.165) is 43.3 Å². The lowest BCUT2D eigenvalue weighted by atomic mass is 10.0. The van der Waals surface area contributed by atoms with Gasteiger partial charge in [0.2, 0.25) is 0 Å². The van der Waals surface area contributed by atoms with Gasteiger partial charge in [-0.1, -0.05) is 12.1 Å². The molecule has 0 spiro atoms. The van der Waals surface area contributed by atoms with Crippen LogP contribution in [-0.4, -0.2) is 32.8 Å². The molecule has 1 atom stereocenters. The van der Waals surface area contributed by atoms with E-state index in [-0.39, 0.29) is 6.04 Å². The van der Waals surface area contributed by atoms with Gasteiger partial charge < -0.3 is 19.7 Å². The SMILES string of the molecule is COc1ccc2c(c1)OCCC[C@H]2NCc1cccnc1N(C)C. The molecule has 0 saturated carbocycles. The normalized spacial score (nSPS) is 16.7. The van der Waals surface area contributed by atoms with Crippen molar-refractivity contribution < 1.29 is 9.47 Å². The van der Waals surface area contributed by atoms with Gasteiger partial charge in [-0.05, 0) is 25.0 Å². The molecule has 0 unspecified atom stereocenters. The number of nitrogens with one attached hydrogen (secondary N) is 1. The van der Waals surface area contributed by atoms with E-state index in [1.807, 2.05) is 43.4 Å². The fourth-order valence-electron chi connectivity index (χ4n) is 3.10. The Kier molecular flexibility index (Phi) is 5.20. The van der Waals surface area contributed by atoms with Crippen molar-refractivity contribution in [2.24, 2.45) is 0 Å². The smallest absolute Gasteiger partial charge is 0.132 e. The summed E-state index contributed by atoms with van der Waals surface area (Å²) >= 11 is 0. The molecule has 1 N–H and O–H groups in total. The summed E-state index contributed by atoms with van der Waals surface area (Å²) in [4.78, 5) is 6.52. The van der Waals surface area contributed by atoms with Gasteiger partial charge >= 0.3 is 0 Å². The summed E-state index contributed by atoms with van der Waals surface area (Å²) in [5.41, 5.74) is 2.39. The first-order valence-corrected chi connectivity index (χ1v) is 8.34. The molecular weight excluding hydrogens is 302 g/mol. The maximum atomic E-state index is 5.89. The third kappa shape index (κ3) is 3.62. The van der Waals surface area contributed by atoms with E-state index in [9.17, 15) is 0 Å². The Hall–Kier alpha value is -2.27. The molecule has 3 rings (SSSR count). The molecule has 5 nitrogen and oxygen atoms in total. The number of ether oxygens (including phenoxy) is 2. The van der Waals surface area contributed by atoms with Crippen LogP contribution in [0, 0.1) is 0 Å². The Morgan fingerprint density at radius 2 is 2.21 bits per heavy atom. The van der Waals surface area contributed by atoms with Crippen LogP contribution in [0.1, 0.15) is 30.0 Å². The van der Waals surface area contributed by atoms with Crippen LogP contribution in [0.4, 0.5) is 5.82 Å². The number of methoxy groups -OCH3 is 1. The minimum Gasteiger partial charge on any atom is -0.497 e. The average molecular weight is 327 g/mol. The molecule has 24 heavy (non-hydrogen) atoms. The van der Waals surface area contributed by atoms with Crippen molar-refractivity contribution in [3.05, 3.63) is 47.7 Å². The highest BCUT2D eigenvalue weighted by atomic mass is 16.5. The number of nitrogens with zero attached hydrogens (tertiary/aromatic N) is 2. The molecule has 2 heterocycles. The highest BCUT2D eigenvalue weighted by molar-refractivity contribution is 5.46. The standard InChI is InChI=1S/C19H25N3O2/c1-22(2)19-14(6-4-10-20-19)13-21-17-7-5-11-24-18-12-15(23-3)8-9-16(17)18/h4,6,8-10,12,17,21H,5,7,11,13H2,1-3H3/t17-/m1/s1. The van der Waals surface area contributed by atoms with Crippen LogP contribution in [0.3, 0.4) is 0 Å². The van der Waals surface area contributed by atoms with Gasteiger partial charge in [-0.2, -0.15) is 0 Å². The van der Waals surface area contributed by atoms with E-state index in [1.54, 1.807) is 7.11 Å². The molecule has 5 heteroatoms. The Balaban J connectivity index is 1.79. The quantitative estimate of drug-likeness (QED) is 0.914. The van der Waals surface area contributed by atoms with Crippen LogP contribution in [0.25, 0.3) is 0 Å². The summed E-state index contributed by atoms with van der Waals surface area (Å²) in [5.74, 6) is 2.75. The monoisotopic (exact) mass is 327 g/mol. The first-order chi connectivity index (χ1) is 11.7. The molecule has 1 aromatic heterocycles. The molecule has 0 radical (unpaired) electrons. The van der Waals surface area contributed by atoms with Gasteiger partial charge in [-0.25, -0.2) is 4.98 Å². The Bertz CT molecular complexity index is 688. The van der Waals surface area contributed by atoms with Crippen LogP contribution in [-0.2, 0) is 6.54 Å². The Morgan fingerprint density at radius 1 is 1.33 bits per heavy atom. The number of hydrogen-bond acceptors (Lipinski definition) is 5. The second-order valence-electron chi connectivity index (χ2n) is 6.21. The number of fused-ring (bicyclic) bond motifs is 1. The highest BCUT2D eigenvalue weighted by Crippen LogP contribution is 2.34. The van der Waals surface area contributed by atoms with Crippen LogP contribution in [0.15, 0.2) is 36.5 Å². The molecule has 0 bridgehead atoms. The second kappa shape index (κ2) is 7.53. The van der Waals surface area contributed by atoms with Gasteiger partial charge in [0.05, 0.1) is 13.7 Å². The van der Waals surface area contributed by atoms with Crippen molar-refractivity contribution in [1.82, 2.24) is 10.3 Å². The number of rotatable bonds is 5.